The predicted molar refractivity (Wildman–Crippen MR) is 104 cm³/mol. The maximum Gasteiger partial charge on any atom is 0.416 e. The van der Waals surface area contributed by atoms with Gasteiger partial charge in [-0.1, -0.05) is 43.3 Å². The minimum absolute atomic E-state index is 0. The van der Waals surface area contributed by atoms with Crippen molar-refractivity contribution in [3.8, 4) is 6.07 Å². The first-order valence-electron chi connectivity index (χ1n) is 8.56. The van der Waals surface area contributed by atoms with Gasteiger partial charge in [0.1, 0.15) is 5.41 Å². The molecule has 0 aliphatic rings. The normalized spacial score (nSPS) is 13.6. The van der Waals surface area contributed by atoms with Crippen molar-refractivity contribution in [3.63, 3.8) is 0 Å². The maximum absolute atomic E-state index is 13.2. The van der Waals surface area contributed by atoms with Crippen LogP contribution in [-0.2, 0) is 18.0 Å². The van der Waals surface area contributed by atoms with Crippen LogP contribution in [0.3, 0.4) is 0 Å². The van der Waals surface area contributed by atoms with Crippen LogP contribution in [0, 0.1) is 11.3 Å². The summed E-state index contributed by atoms with van der Waals surface area (Å²) in [6.07, 6.45) is -3.32. The van der Waals surface area contributed by atoms with Crippen molar-refractivity contribution in [2.75, 3.05) is 20.6 Å². The number of hydrogen-bond donors (Lipinski definition) is 0. The van der Waals surface area contributed by atoms with E-state index in [4.69, 9.17) is 0 Å². The van der Waals surface area contributed by atoms with Crippen molar-refractivity contribution in [1.82, 2.24) is 4.90 Å². The molecule has 0 N–H and O–H groups in total. The van der Waals surface area contributed by atoms with Crippen LogP contribution in [0.4, 0.5) is 13.2 Å². The van der Waals surface area contributed by atoms with Gasteiger partial charge in [-0.2, -0.15) is 18.4 Å². The SMILES string of the molecule is CCc1ccccc1C(C#N)(CCN(C)C)c1cccc(C(F)(F)F)c1.Cl. The minimum Gasteiger partial charge on any atom is -0.309 e. The summed E-state index contributed by atoms with van der Waals surface area (Å²) in [5.41, 5.74) is 0.292. The maximum atomic E-state index is 13.2. The van der Waals surface area contributed by atoms with E-state index in [0.29, 0.717) is 24.9 Å². The van der Waals surface area contributed by atoms with Gasteiger partial charge in [-0.3, -0.25) is 0 Å². The molecule has 0 aromatic heterocycles. The zero-order valence-corrected chi connectivity index (χ0v) is 16.5. The summed E-state index contributed by atoms with van der Waals surface area (Å²) in [6.45, 7) is 2.57. The number of hydrogen-bond acceptors (Lipinski definition) is 2. The highest BCUT2D eigenvalue weighted by Crippen LogP contribution is 2.40. The molecule has 0 bridgehead atoms. The Morgan fingerprint density at radius 3 is 2.19 bits per heavy atom. The Balaban J connectivity index is 0.00000364. The molecule has 0 heterocycles. The summed E-state index contributed by atoms with van der Waals surface area (Å²) in [5.74, 6) is 0. The van der Waals surface area contributed by atoms with Gasteiger partial charge in [0.15, 0.2) is 0 Å². The number of nitriles is 1. The Morgan fingerprint density at radius 1 is 1.00 bits per heavy atom. The summed E-state index contributed by atoms with van der Waals surface area (Å²) in [5, 5.41) is 10.2. The van der Waals surface area contributed by atoms with Crippen LogP contribution < -0.4 is 0 Å². The fourth-order valence-electron chi connectivity index (χ4n) is 3.21. The van der Waals surface area contributed by atoms with Crippen molar-refractivity contribution in [2.24, 2.45) is 0 Å². The van der Waals surface area contributed by atoms with Crippen LogP contribution >= 0.6 is 12.4 Å². The molecule has 2 aromatic rings. The van der Waals surface area contributed by atoms with Crippen LogP contribution in [0.5, 0.6) is 0 Å². The quantitative estimate of drug-likeness (QED) is 0.649. The van der Waals surface area contributed by atoms with Crippen molar-refractivity contribution in [3.05, 3.63) is 70.8 Å². The summed E-state index contributed by atoms with van der Waals surface area (Å²) in [6, 6.07) is 15.1. The molecule has 0 fully saturated rings. The molecule has 1 unspecified atom stereocenters. The molecule has 2 nitrogen and oxygen atoms in total. The predicted octanol–water partition coefficient (Wildman–Crippen LogP) is 5.45. The molecule has 0 saturated carbocycles. The van der Waals surface area contributed by atoms with Gasteiger partial charge in [0.25, 0.3) is 0 Å². The molecule has 27 heavy (non-hydrogen) atoms. The van der Waals surface area contributed by atoms with Crippen LogP contribution in [0.2, 0.25) is 0 Å². The number of aryl methyl sites for hydroxylation is 1. The molecule has 146 valence electrons. The zero-order valence-electron chi connectivity index (χ0n) is 15.7. The van der Waals surface area contributed by atoms with E-state index < -0.39 is 17.2 Å². The Morgan fingerprint density at radius 2 is 1.63 bits per heavy atom. The molecule has 0 saturated heterocycles. The Labute approximate surface area is 165 Å². The Kier molecular flexibility index (Phi) is 7.89. The third-order valence-corrected chi connectivity index (χ3v) is 4.67. The van der Waals surface area contributed by atoms with E-state index in [-0.39, 0.29) is 12.4 Å². The van der Waals surface area contributed by atoms with Gasteiger partial charge in [0.2, 0.25) is 0 Å². The van der Waals surface area contributed by atoms with Gasteiger partial charge in [-0.25, -0.2) is 0 Å². The average molecular weight is 397 g/mol. The van der Waals surface area contributed by atoms with E-state index in [0.717, 1.165) is 23.3 Å². The highest BCUT2D eigenvalue weighted by Gasteiger charge is 2.38. The number of nitrogens with zero attached hydrogens (tertiary/aromatic N) is 2. The average Bonchev–Trinajstić information content (AvgIpc) is 2.62. The molecule has 0 spiro atoms. The van der Waals surface area contributed by atoms with E-state index in [1.807, 2.05) is 50.2 Å². The minimum atomic E-state index is -4.44. The van der Waals surface area contributed by atoms with Crippen molar-refractivity contribution in [1.29, 1.82) is 5.26 Å². The van der Waals surface area contributed by atoms with E-state index in [2.05, 4.69) is 6.07 Å². The van der Waals surface area contributed by atoms with Gasteiger partial charge in [-0.05, 0) is 62.3 Å². The van der Waals surface area contributed by atoms with Gasteiger partial charge in [0, 0.05) is 0 Å². The summed E-state index contributed by atoms with van der Waals surface area (Å²) in [7, 11) is 3.78. The summed E-state index contributed by atoms with van der Waals surface area (Å²) in [4.78, 5) is 1.94. The molecule has 2 rings (SSSR count). The fourth-order valence-corrected chi connectivity index (χ4v) is 3.21. The monoisotopic (exact) mass is 396 g/mol. The molecular formula is C21H24ClF3N2. The van der Waals surface area contributed by atoms with E-state index in [1.54, 1.807) is 6.07 Å². The number of rotatable bonds is 6. The number of alkyl halides is 3. The van der Waals surface area contributed by atoms with Gasteiger partial charge < -0.3 is 4.90 Å². The molecule has 0 radical (unpaired) electrons. The molecular weight excluding hydrogens is 373 g/mol. The molecule has 2 aromatic carbocycles. The van der Waals surface area contributed by atoms with Crippen molar-refractivity contribution in [2.45, 2.75) is 31.4 Å². The largest absolute Gasteiger partial charge is 0.416 e. The lowest BCUT2D eigenvalue weighted by Gasteiger charge is -2.31. The standard InChI is InChI=1S/C21H23F3N2.ClH/c1-4-16-8-5-6-11-19(16)20(15-25,12-13-26(2)3)17-9-7-10-18(14-17)21(22,23)24;/h5-11,14H,4,12-13H2,1-3H3;1H. The third-order valence-electron chi connectivity index (χ3n) is 4.67. The Hall–Kier alpha value is -2.03. The molecule has 0 aliphatic heterocycles. The second kappa shape index (κ2) is 9.25. The molecule has 1 atom stereocenters. The molecule has 0 amide bonds. The van der Waals surface area contributed by atoms with E-state index in [1.165, 1.54) is 6.07 Å². The van der Waals surface area contributed by atoms with Crippen molar-refractivity contribution < 1.29 is 13.2 Å². The van der Waals surface area contributed by atoms with Crippen molar-refractivity contribution >= 4 is 12.4 Å². The lowest BCUT2D eigenvalue weighted by atomic mass is 9.71. The summed E-state index contributed by atoms with van der Waals surface area (Å²) >= 11 is 0. The first-order chi connectivity index (χ1) is 12.2. The topological polar surface area (TPSA) is 27.0 Å². The number of benzene rings is 2. The third kappa shape index (κ3) is 5.03. The van der Waals surface area contributed by atoms with E-state index in [9.17, 15) is 18.4 Å². The lowest BCUT2D eigenvalue weighted by molar-refractivity contribution is -0.137. The van der Waals surface area contributed by atoms with Gasteiger partial charge >= 0.3 is 6.18 Å². The van der Waals surface area contributed by atoms with E-state index >= 15 is 0 Å². The molecule has 6 heteroatoms. The summed E-state index contributed by atoms with van der Waals surface area (Å²) < 4.78 is 39.7. The van der Waals surface area contributed by atoms with Gasteiger partial charge in [-0.15, -0.1) is 12.4 Å². The Bertz CT molecular complexity index is 796. The van der Waals surface area contributed by atoms with Crippen LogP contribution in [0.25, 0.3) is 0 Å². The first kappa shape index (κ1) is 23.0. The second-order valence-electron chi connectivity index (χ2n) is 6.66. The van der Waals surface area contributed by atoms with Crippen LogP contribution in [-0.4, -0.2) is 25.5 Å². The van der Waals surface area contributed by atoms with Gasteiger partial charge in [0.05, 0.1) is 11.6 Å². The highest BCUT2D eigenvalue weighted by atomic mass is 35.5. The van der Waals surface area contributed by atoms with Crippen LogP contribution in [0.15, 0.2) is 48.5 Å². The highest BCUT2D eigenvalue weighted by molar-refractivity contribution is 5.85. The lowest BCUT2D eigenvalue weighted by Crippen LogP contribution is -2.32. The van der Waals surface area contributed by atoms with Crippen LogP contribution in [0.1, 0.15) is 35.6 Å². The smallest absolute Gasteiger partial charge is 0.309 e. The number of halogens is 4. The molecule has 0 aliphatic carbocycles. The fraction of sp³-hybridized carbons (Fsp3) is 0.381. The zero-order chi connectivity index (χ0) is 19.4. The second-order valence-corrected chi connectivity index (χ2v) is 6.66. The first-order valence-corrected chi connectivity index (χ1v) is 8.56.